The Hall–Kier alpha value is -2.21. The summed E-state index contributed by atoms with van der Waals surface area (Å²) in [4.78, 5) is 10.5. The first kappa shape index (κ1) is 11.3. The molecule has 1 heterocycles. The second-order valence-electron chi connectivity index (χ2n) is 3.58. The third-order valence-corrected chi connectivity index (χ3v) is 2.37. The zero-order valence-corrected chi connectivity index (χ0v) is 9.08. The molecule has 0 bridgehead atoms. The molecule has 0 radical (unpaired) electrons. The molecule has 6 nitrogen and oxygen atoms in total. The van der Waals surface area contributed by atoms with Crippen molar-refractivity contribution >= 4 is 5.97 Å². The Balaban J connectivity index is 2.26. The molecule has 17 heavy (non-hydrogen) atoms. The molecular weight excluding hydrogens is 220 g/mol. The summed E-state index contributed by atoms with van der Waals surface area (Å²) < 4.78 is 1.63. The summed E-state index contributed by atoms with van der Waals surface area (Å²) in [7, 11) is 0. The van der Waals surface area contributed by atoms with Crippen molar-refractivity contribution in [3.05, 3.63) is 41.7 Å². The molecule has 0 fully saturated rings. The van der Waals surface area contributed by atoms with Crippen LogP contribution in [0, 0.1) is 0 Å². The van der Waals surface area contributed by atoms with E-state index in [2.05, 4.69) is 10.3 Å². The highest BCUT2D eigenvalue weighted by atomic mass is 16.4. The highest BCUT2D eigenvalue weighted by Gasteiger charge is 2.05. The van der Waals surface area contributed by atoms with Crippen molar-refractivity contribution in [2.45, 2.75) is 13.0 Å². The van der Waals surface area contributed by atoms with E-state index in [9.17, 15) is 4.79 Å². The molecule has 0 saturated carbocycles. The van der Waals surface area contributed by atoms with E-state index in [4.69, 9.17) is 10.8 Å². The van der Waals surface area contributed by atoms with Crippen LogP contribution in [0.4, 0.5) is 0 Å². The van der Waals surface area contributed by atoms with Gasteiger partial charge in [-0.05, 0) is 17.7 Å². The van der Waals surface area contributed by atoms with E-state index in [0.717, 1.165) is 16.9 Å². The summed E-state index contributed by atoms with van der Waals surface area (Å²) in [5, 5.41) is 16.4. The molecule has 0 aliphatic heterocycles. The lowest BCUT2D eigenvalue weighted by molar-refractivity contribution is -0.136. The molecule has 0 spiro atoms. The molecule has 0 saturated heterocycles. The number of hydrogen-bond donors (Lipinski definition) is 2. The van der Waals surface area contributed by atoms with Crippen LogP contribution in [0.3, 0.4) is 0 Å². The van der Waals surface area contributed by atoms with E-state index in [1.807, 2.05) is 0 Å². The summed E-state index contributed by atoms with van der Waals surface area (Å²) in [6, 6.07) is 7.11. The topological polar surface area (TPSA) is 94.0 Å². The summed E-state index contributed by atoms with van der Waals surface area (Å²) in [6.07, 6.45) is 1.62. The molecule has 0 unspecified atom stereocenters. The Morgan fingerprint density at radius 2 is 2.06 bits per heavy atom. The van der Waals surface area contributed by atoms with E-state index in [1.165, 1.54) is 0 Å². The van der Waals surface area contributed by atoms with E-state index >= 15 is 0 Å². The zero-order chi connectivity index (χ0) is 12.3. The Kier molecular flexibility index (Phi) is 3.15. The standard InChI is InChI=1S/C11H12N4O2/c12-6-10-7-13-14-15(10)9-3-1-8(2-4-9)5-11(16)17/h1-4,7H,5-6,12H2,(H,16,17). The first-order valence-electron chi connectivity index (χ1n) is 5.11. The van der Waals surface area contributed by atoms with Gasteiger partial charge >= 0.3 is 5.97 Å². The SMILES string of the molecule is NCc1cnnn1-c1ccc(CC(=O)O)cc1. The maximum Gasteiger partial charge on any atom is 0.307 e. The number of aromatic nitrogens is 3. The number of hydrogen-bond acceptors (Lipinski definition) is 4. The van der Waals surface area contributed by atoms with Gasteiger partial charge in [0.1, 0.15) is 0 Å². The van der Waals surface area contributed by atoms with Crippen molar-refractivity contribution in [1.82, 2.24) is 15.0 Å². The third-order valence-electron chi connectivity index (χ3n) is 2.37. The van der Waals surface area contributed by atoms with Gasteiger partial charge in [-0.25, -0.2) is 4.68 Å². The van der Waals surface area contributed by atoms with Gasteiger partial charge in [-0.15, -0.1) is 5.10 Å². The Morgan fingerprint density at radius 3 is 2.65 bits per heavy atom. The number of carbonyl (C=O) groups is 1. The van der Waals surface area contributed by atoms with Crippen LogP contribution in [0.5, 0.6) is 0 Å². The van der Waals surface area contributed by atoms with Crippen molar-refractivity contribution < 1.29 is 9.90 Å². The van der Waals surface area contributed by atoms with Gasteiger partial charge in [-0.2, -0.15) is 0 Å². The summed E-state index contributed by atoms with van der Waals surface area (Å²) in [5.74, 6) is -0.846. The highest BCUT2D eigenvalue weighted by Crippen LogP contribution is 2.11. The lowest BCUT2D eigenvalue weighted by Crippen LogP contribution is -2.07. The third kappa shape index (κ3) is 2.48. The maximum absolute atomic E-state index is 10.5. The fourth-order valence-corrected chi connectivity index (χ4v) is 1.54. The molecule has 0 amide bonds. The van der Waals surface area contributed by atoms with E-state index < -0.39 is 5.97 Å². The first-order valence-corrected chi connectivity index (χ1v) is 5.11. The molecule has 2 aromatic rings. The summed E-state index contributed by atoms with van der Waals surface area (Å²) in [5.41, 5.74) is 7.91. The molecule has 2 rings (SSSR count). The van der Waals surface area contributed by atoms with Crippen LogP contribution in [0.25, 0.3) is 5.69 Å². The van der Waals surface area contributed by atoms with Crippen molar-refractivity contribution in [2.75, 3.05) is 0 Å². The van der Waals surface area contributed by atoms with Gasteiger partial charge in [-0.3, -0.25) is 4.79 Å². The minimum absolute atomic E-state index is 0.0153. The first-order chi connectivity index (χ1) is 8.20. The molecule has 0 aliphatic carbocycles. The predicted octanol–water partition coefficient (Wildman–Crippen LogP) is 0.353. The molecule has 1 aromatic carbocycles. The number of carboxylic acid groups (broad SMARTS) is 1. The van der Waals surface area contributed by atoms with Crippen LogP contribution in [0.1, 0.15) is 11.3 Å². The van der Waals surface area contributed by atoms with Gasteiger partial charge in [0.05, 0.1) is 24.0 Å². The minimum atomic E-state index is -0.846. The number of aliphatic carboxylic acids is 1. The van der Waals surface area contributed by atoms with Crippen LogP contribution in [0.15, 0.2) is 30.5 Å². The average molecular weight is 232 g/mol. The largest absolute Gasteiger partial charge is 0.481 e. The van der Waals surface area contributed by atoms with Crippen LogP contribution in [0.2, 0.25) is 0 Å². The Labute approximate surface area is 97.7 Å². The predicted molar refractivity (Wildman–Crippen MR) is 60.6 cm³/mol. The number of carboxylic acids is 1. The lowest BCUT2D eigenvalue weighted by atomic mass is 10.1. The smallest absolute Gasteiger partial charge is 0.307 e. The van der Waals surface area contributed by atoms with E-state index in [0.29, 0.717) is 6.54 Å². The molecule has 88 valence electrons. The van der Waals surface area contributed by atoms with Gasteiger partial charge in [0.2, 0.25) is 0 Å². The van der Waals surface area contributed by atoms with E-state index in [-0.39, 0.29) is 6.42 Å². The summed E-state index contributed by atoms with van der Waals surface area (Å²) >= 11 is 0. The van der Waals surface area contributed by atoms with Crippen molar-refractivity contribution in [2.24, 2.45) is 5.73 Å². The second kappa shape index (κ2) is 4.75. The average Bonchev–Trinajstić information content (AvgIpc) is 2.77. The molecule has 6 heteroatoms. The van der Waals surface area contributed by atoms with Crippen molar-refractivity contribution in [1.29, 1.82) is 0 Å². The Morgan fingerprint density at radius 1 is 1.35 bits per heavy atom. The Bertz CT molecular complexity index is 519. The van der Waals surface area contributed by atoms with Crippen LogP contribution in [-0.2, 0) is 17.8 Å². The van der Waals surface area contributed by atoms with Crippen molar-refractivity contribution in [3.8, 4) is 5.69 Å². The molecular formula is C11H12N4O2. The molecule has 0 atom stereocenters. The quantitative estimate of drug-likeness (QED) is 0.793. The maximum atomic E-state index is 10.5. The van der Waals surface area contributed by atoms with Crippen LogP contribution < -0.4 is 5.73 Å². The van der Waals surface area contributed by atoms with Gasteiger partial charge in [0, 0.05) is 6.54 Å². The van der Waals surface area contributed by atoms with E-state index in [1.54, 1.807) is 35.1 Å². The molecule has 1 aromatic heterocycles. The lowest BCUT2D eigenvalue weighted by Gasteiger charge is -2.05. The highest BCUT2D eigenvalue weighted by molar-refractivity contribution is 5.70. The van der Waals surface area contributed by atoms with Gasteiger partial charge in [0.15, 0.2) is 0 Å². The zero-order valence-electron chi connectivity index (χ0n) is 9.08. The van der Waals surface area contributed by atoms with Gasteiger partial charge in [0.25, 0.3) is 0 Å². The fraction of sp³-hybridized carbons (Fsp3) is 0.182. The normalized spacial score (nSPS) is 10.4. The van der Waals surface area contributed by atoms with Crippen LogP contribution >= 0.6 is 0 Å². The number of benzene rings is 1. The number of nitrogens with zero attached hydrogens (tertiary/aromatic N) is 3. The summed E-state index contributed by atoms with van der Waals surface area (Å²) in [6.45, 7) is 0.351. The second-order valence-corrected chi connectivity index (χ2v) is 3.58. The molecule has 0 aliphatic rings. The number of rotatable bonds is 4. The number of nitrogens with two attached hydrogens (primary N) is 1. The van der Waals surface area contributed by atoms with Crippen molar-refractivity contribution in [3.63, 3.8) is 0 Å². The monoisotopic (exact) mass is 232 g/mol. The van der Waals surface area contributed by atoms with Gasteiger partial charge < -0.3 is 10.8 Å². The minimum Gasteiger partial charge on any atom is -0.481 e. The fourth-order valence-electron chi connectivity index (χ4n) is 1.54. The molecule has 3 N–H and O–H groups in total. The van der Waals surface area contributed by atoms with Crippen LogP contribution in [-0.4, -0.2) is 26.1 Å². The van der Waals surface area contributed by atoms with Gasteiger partial charge in [-0.1, -0.05) is 17.3 Å².